The van der Waals surface area contributed by atoms with Gasteiger partial charge in [-0.25, -0.2) is 4.39 Å². The number of allylic oxidation sites excluding steroid dienone is 1. The molecule has 0 fully saturated rings. The number of hydrogen-bond donors (Lipinski definition) is 0. The molecule has 0 nitrogen and oxygen atoms in total. The second-order valence-electron chi connectivity index (χ2n) is 5.26. The summed E-state index contributed by atoms with van der Waals surface area (Å²) in [5.74, 6) is 0. The van der Waals surface area contributed by atoms with Crippen molar-refractivity contribution in [1.29, 1.82) is 0 Å². The third-order valence-electron chi connectivity index (χ3n) is 3.75. The van der Waals surface area contributed by atoms with Crippen LogP contribution in [0, 0.1) is 0 Å². The summed E-state index contributed by atoms with van der Waals surface area (Å²) in [6, 6.07) is 0. The van der Waals surface area contributed by atoms with Gasteiger partial charge < -0.3 is 0 Å². The molecular formula is C13H24BrFSi. The van der Waals surface area contributed by atoms with E-state index >= 15 is 0 Å². The molecule has 0 aliphatic carbocycles. The van der Waals surface area contributed by atoms with E-state index in [-0.39, 0.29) is 0 Å². The summed E-state index contributed by atoms with van der Waals surface area (Å²) in [6.45, 7) is 13.6. The van der Waals surface area contributed by atoms with E-state index in [2.05, 4.69) is 63.2 Å². The molecule has 0 radical (unpaired) electrons. The zero-order valence-electron chi connectivity index (χ0n) is 11.3. The Kier molecular flexibility index (Phi) is 6.84. The lowest BCUT2D eigenvalue weighted by atomic mass is 10.5. The summed E-state index contributed by atoms with van der Waals surface area (Å²) >= 11 is 3.51. The first-order valence-corrected chi connectivity index (χ1v) is 9.31. The fourth-order valence-electron chi connectivity index (χ4n) is 3.39. The van der Waals surface area contributed by atoms with Crippen molar-refractivity contribution in [1.82, 2.24) is 0 Å². The van der Waals surface area contributed by atoms with Gasteiger partial charge in [0.25, 0.3) is 0 Å². The van der Waals surface area contributed by atoms with Crippen LogP contribution in [-0.2, 0) is 0 Å². The minimum atomic E-state index is -1.69. The van der Waals surface area contributed by atoms with Gasteiger partial charge in [-0.2, -0.15) is 0 Å². The molecule has 0 aromatic heterocycles. The maximum Gasteiger partial charge on any atom is 0.128 e. The lowest BCUT2D eigenvalue weighted by molar-refractivity contribution is 0.722. The molecule has 0 amide bonds. The van der Waals surface area contributed by atoms with Gasteiger partial charge in [0.15, 0.2) is 0 Å². The molecule has 0 rings (SSSR count). The van der Waals surface area contributed by atoms with Crippen LogP contribution >= 0.6 is 15.9 Å². The summed E-state index contributed by atoms with van der Waals surface area (Å²) < 4.78 is 12.5. The standard InChI is InChI=1S/C13H24BrFSi/c1-10(2)16(11(3)4,12(5)6)13(9-14)7-8-15/h8,10-12H,9H2,1-6H3. The second kappa shape index (κ2) is 6.78. The average molecular weight is 307 g/mol. The average Bonchev–Trinajstić information content (AvgIpc) is 2.15. The van der Waals surface area contributed by atoms with Crippen LogP contribution in [0.25, 0.3) is 0 Å². The highest BCUT2D eigenvalue weighted by molar-refractivity contribution is 9.09. The van der Waals surface area contributed by atoms with E-state index in [4.69, 9.17) is 0 Å². The van der Waals surface area contributed by atoms with E-state index in [1.54, 1.807) is 0 Å². The Labute approximate surface area is 109 Å². The topological polar surface area (TPSA) is 0 Å². The zero-order valence-corrected chi connectivity index (χ0v) is 13.9. The second-order valence-corrected chi connectivity index (χ2v) is 11.8. The highest BCUT2D eigenvalue weighted by Crippen LogP contribution is 2.46. The predicted octanol–water partition coefficient (Wildman–Crippen LogP) is 5.61. The normalized spacial score (nSPS) is 12.2. The van der Waals surface area contributed by atoms with Crippen LogP contribution in [0.4, 0.5) is 4.39 Å². The van der Waals surface area contributed by atoms with Crippen molar-refractivity contribution >= 4 is 24.0 Å². The number of halogens is 2. The molecule has 3 heteroatoms. The van der Waals surface area contributed by atoms with Gasteiger partial charge in [-0.15, -0.1) is 0 Å². The summed E-state index contributed by atoms with van der Waals surface area (Å²) in [5, 5.41) is 1.92. The van der Waals surface area contributed by atoms with Crippen LogP contribution < -0.4 is 0 Å². The SMILES string of the molecule is CC(C)[Si](C(=C=CF)CBr)(C(C)C)C(C)C. The first-order chi connectivity index (χ1) is 7.35. The van der Waals surface area contributed by atoms with E-state index in [9.17, 15) is 4.39 Å². The van der Waals surface area contributed by atoms with E-state index in [1.165, 1.54) is 5.20 Å². The van der Waals surface area contributed by atoms with Gasteiger partial charge in [-0.05, 0) is 21.8 Å². The molecule has 0 unspecified atom stereocenters. The maximum absolute atomic E-state index is 12.5. The van der Waals surface area contributed by atoms with Gasteiger partial charge in [-0.1, -0.05) is 63.2 Å². The monoisotopic (exact) mass is 306 g/mol. The highest BCUT2D eigenvalue weighted by Gasteiger charge is 2.45. The van der Waals surface area contributed by atoms with Gasteiger partial charge in [0, 0.05) is 5.33 Å². The van der Waals surface area contributed by atoms with Crippen LogP contribution in [-0.4, -0.2) is 13.4 Å². The Morgan fingerprint density at radius 3 is 1.69 bits per heavy atom. The van der Waals surface area contributed by atoms with Crippen LogP contribution in [0.1, 0.15) is 41.5 Å². The smallest absolute Gasteiger partial charge is 0.128 e. The Hall–Kier alpha value is 0.147. The maximum atomic E-state index is 12.5. The molecule has 0 saturated carbocycles. The van der Waals surface area contributed by atoms with Crippen molar-refractivity contribution in [3.05, 3.63) is 17.3 Å². The molecule has 0 saturated heterocycles. The molecule has 0 atom stereocenters. The first kappa shape index (κ1) is 16.1. The van der Waals surface area contributed by atoms with E-state index in [0.29, 0.717) is 23.0 Å². The largest absolute Gasteiger partial charge is 0.206 e. The molecule has 0 aromatic rings. The highest BCUT2D eigenvalue weighted by atomic mass is 79.9. The van der Waals surface area contributed by atoms with Crippen molar-refractivity contribution in [3.8, 4) is 0 Å². The number of alkyl halides is 1. The van der Waals surface area contributed by atoms with Crippen molar-refractivity contribution in [2.24, 2.45) is 0 Å². The van der Waals surface area contributed by atoms with E-state index < -0.39 is 8.07 Å². The minimum absolute atomic E-state index is 0.575. The van der Waals surface area contributed by atoms with Gasteiger partial charge in [-0.3, -0.25) is 0 Å². The van der Waals surface area contributed by atoms with Crippen LogP contribution in [0.15, 0.2) is 17.3 Å². The molecule has 0 aliphatic heterocycles. The van der Waals surface area contributed by atoms with Crippen molar-refractivity contribution < 1.29 is 4.39 Å². The van der Waals surface area contributed by atoms with Crippen molar-refractivity contribution in [2.75, 3.05) is 5.33 Å². The first-order valence-electron chi connectivity index (χ1n) is 5.96. The Bertz CT molecular complexity index is 254. The predicted molar refractivity (Wildman–Crippen MR) is 77.5 cm³/mol. The number of rotatable bonds is 5. The molecule has 94 valence electrons. The van der Waals surface area contributed by atoms with Gasteiger partial charge in [0.2, 0.25) is 0 Å². The van der Waals surface area contributed by atoms with Crippen LogP contribution in [0.3, 0.4) is 0 Å². The van der Waals surface area contributed by atoms with Crippen LogP contribution in [0.5, 0.6) is 0 Å². The fourth-order valence-corrected chi connectivity index (χ4v) is 11.6. The minimum Gasteiger partial charge on any atom is -0.206 e. The molecular weight excluding hydrogens is 283 g/mol. The summed E-state index contributed by atoms with van der Waals surface area (Å²) in [6.07, 6.45) is 0.575. The summed E-state index contributed by atoms with van der Waals surface area (Å²) in [4.78, 5) is 0. The molecule has 0 bridgehead atoms. The van der Waals surface area contributed by atoms with E-state index in [1.807, 2.05) is 0 Å². The fraction of sp³-hybridized carbons (Fsp3) is 0.769. The Balaban J connectivity index is 5.79. The molecule has 0 N–H and O–H groups in total. The van der Waals surface area contributed by atoms with Gasteiger partial charge >= 0.3 is 0 Å². The third kappa shape index (κ3) is 2.88. The van der Waals surface area contributed by atoms with Crippen molar-refractivity contribution in [2.45, 2.75) is 58.2 Å². The lowest BCUT2D eigenvalue weighted by Crippen LogP contribution is -2.47. The van der Waals surface area contributed by atoms with Gasteiger partial charge in [0.1, 0.15) is 14.4 Å². The Morgan fingerprint density at radius 2 is 1.50 bits per heavy atom. The molecule has 0 aliphatic rings. The zero-order chi connectivity index (χ0) is 12.9. The summed E-state index contributed by atoms with van der Waals surface area (Å²) in [7, 11) is -1.69. The van der Waals surface area contributed by atoms with Gasteiger partial charge in [0.05, 0.1) is 0 Å². The van der Waals surface area contributed by atoms with Crippen molar-refractivity contribution in [3.63, 3.8) is 0 Å². The molecule has 0 heterocycles. The van der Waals surface area contributed by atoms with Crippen LogP contribution in [0.2, 0.25) is 16.6 Å². The molecule has 0 aromatic carbocycles. The third-order valence-corrected chi connectivity index (χ3v) is 11.9. The molecule has 0 spiro atoms. The van der Waals surface area contributed by atoms with E-state index in [0.717, 1.165) is 5.33 Å². The summed E-state index contributed by atoms with van der Waals surface area (Å²) in [5.41, 5.74) is 4.67. The lowest BCUT2D eigenvalue weighted by Gasteiger charge is -2.43. The molecule has 16 heavy (non-hydrogen) atoms. The Morgan fingerprint density at radius 1 is 1.12 bits per heavy atom. The quantitative estimate of drug-likeness (QED) is 0.352. The number of hydrogen-bond acceptors (Lipinski definition) is 0.